The molecule has 0 fully saturated rings. The Morgan fingerprint density at radius 3 is 2.90 bits per heavy atom. The van der Waals surface area contributed by atoms with Crippen molar-refractivity contribution in [1.82, 2.24) is 5.16 Å². The van der Waals surface area contributed by atoms with Crippen LogP contribution in [0.15, 0.2) is 34.9 Å². The summed E-state index contributed by atoms with van der Waals surface area (Å²) in [6.45, 7) is 4.82. The van der Waals surface area contributed by atoms with Gasteiger partial charge in [0.2, 0.25) is 5.91 Å². The van der Waals surface area contributed by atoms with Crippen molar-refractivity contribution in [2.45, 2.75) is 20.3 Å². The van der Waals surface area contributed by atoms with Crippen LogP contribution in [0, 0.1) is 6.92 Å². The van der Waals surface area contributed by atoms with Gasteiger partial charge in [0.1, 0.15) is 11.5 Å². The topological polar surface area (TPSA) is 76.4 Å². The van der Waals surface area contributed by atoms with E-state index in [0.717, 1.165) is 11.4 Å². The van der Waals surface area contributed by atoms with Gasteiger partial charge in [0.25, 0.3) is 0 Å². The number of carbonyl (C=O) groups is 1. The smallest absolute Gasteiger partial charge is 0.227 e. The summed E-state index contributed by atoms with van der Waals surface area (Å²) in [5, 5.41) is 9.58. The second-order valence-corrected chi connectivity index (χ2v) is 4.48. The maximum absolute atomic E-state index is 11.8. The van der Waals surface area contributed by atoms with Crippen molar-refractivity contribution in [2.24, 2.45) is 0 Å². The van der Waals surface area contributed by atoms with E-state index in [-0.39, 0.29) is 5.91 Å². The zero-order valence-electron chi connectivity index (χ0n) is 12.2. The Morgan fingerprint density at radius 1 is 1.38 bits per heavy atom. The summed E-state index contributed by atoms with van der Waals surface area (Å²) < 4.78 is 10.4. The average molecular weight is 289 g/mol. The van der Waals surface area contributed by atoms with Crippen LogP contribution in [0.5, 0.6) is 5.75 Å². The summed E-state index contributed by atoms with van der Waals surface area (Å²) in [4.78, 5) is 11.8. The summed E-state index contributed by atoms with van der Waals surface area (Å²) in [5.74, 6) is 1.76. The van der Waals surface area contributed by atoms with Gasteiger partial charge < -0.3 is 19.9 Å². The van der Waals surface area contributed by atoms with Crippen molar-refractivity contribution in [3.8, 4) is 5.75 Å². The maximum Gasteiger partial charge on any atom is 0.227 e. The normalized spacial score (nSPS) is 10.2. The van der Waals surface area contributed by atoms with Gasteiger partial charge in [-0.2, -0.15) is 0 Å². The summed E-state index contributed by atoms with van der Waals surface area (Å²) in [6.07, 6.45) is 0.326. The van der Waals surface area contributed by atoms with Crippen LogP contribution in [-0.4, -0.2) is 24.2 Å². The van der Waals surface area contributed by atoms with E-state index in [1.165, 1.54) is 0 Å². The maximum atomic E-state index is 11.8. The monoisotopic (exact) mass is 289 g/mol. The van der Waals surface area contributed by atoms with Crippen LogP contribution in [-0.2, 0) is 4.79 Å². The number of nitrogens with zero attached hydrogens (tertiary/aromatic N) is 1. The van der Waals surface area contributed by atoms with Gasteiger partial charge in [-0.25, -0.2) is 0 Å². The van der Waals surface area contributed by atoms with E-state index in [1.807, 2.05) is 31.2 Å². The molecule has 6 heteroatoms. The van der Waals surface area contributed by atoms with E-state index in [9.17, 15) is 4.79 Å². The number of aryl methyl sites for hydroxylation is 1. The number of benzene rings is 1. The molecule has 0 aliphatic carbocycles. The molecule has 112 valence electrons. The first-order chi connectivity index (χ1) is 10.2. The van der Waals surface area contributed by atoms with Gasteiger partial charge in [0, 0.05) is 19.0 Å². The highest BCUT2D eigenvalue weighted by Crippen LogP contribution is 2.23. The zero-order chi connectivity index (χ0) is 15.1. The first-order valence-corrected chi connectivity index (χ1v) is 6.88. The molecule has 0 unspecified atom stereocenters. The average Bonchev–Trinajstić information content (AvgIpc) is 2.86. The summed E-state index contributed by atoms with van der Waals surface area (Å²) in [6, 6.07) is 9.32. The van der Waals surface area contributed by atoms with E-state index in [2.05, 4.69) is 15.8 Å². The molecule has 0 atom stereocenters. The molecule has 1 aromatic heterocycles. The van der Waals surface area contributed by atoms with Crippen LogP contribution in [0.25, 0.3) is 0 Å². The third-order valence-corrected chi connectivity index (χ3v) is 2.75. The lowest BCUT2D eigenvalue weighted by Crippen LogP contribution is -2.16. The van der Waals surface area contributed by atoms with Gasteiger partial charge >= 0.3 is 0 Å². The molecule has 6 nitrogen and oxygen atoms in total. The van der Waals surface area contributed by atoms with Crippen molar-refractivity contribution in [3.63, 3.8) is 0 Å². The number of aromatic nitrogens is 1. The van der Waals surface area contributed by atoms with E-state index in [0.29, 0.717) is 31.2 Å². The molecule has 1 aromatic carbocycles. The minimum atomic E-state index is -0.121. The molecule has 2 aromatic rings. The molecule has 21 heavy (non-hydrogen) atoms. The van der Waals surface area contributed by atoms with Crippen LogP contribution in [0.4, 0.5) is 11.5 Å². The second kappa shape index (κ2) is 7.33. The molecular formula is C15H19N3O3. The Morgan fingerprint density at radius 2 is 2.19 bits per heavy atom. The Bertz CT molecular complexity index is 595. The Hall–Kier alpha value is -2.50. The minimum absolute atomic E-state index is 0.121. The predicted octanol–water partition coefficient (Wildman–Crippen LogP) is 2.82. The van der Waals surface area contributed by atoms with Gasteiger partial charge in [-0.3, -0.25) is 4.79 Å². The van der Waals surface area contributed by atoms with Gasteiger partial charge in [-0.05, 0) is 26.0 Å². The molecular weight excluding hydrogens is 270 g/mol. The Labute approximate surface area is 123 Å². The lowest BCUT2D eigenvalue weighted by Gasteiger charge is -2.11. The van der Waals surface area contributed by atoms with Crippen molar-refractivity contribution in [2.75, 3.05) is 23.8 Å². The first kappa shape index (κ1) is 14.9. The molecule has 1 heterocycles. The van der Waals surface area contributed by atoms with Gasteiger partial charge in [0.05, 0.1) is 12.3 Å². The summed E-state index contributed by atoms with van der Waals surface area (Å²) in [5.41, 5.74) is 0.879. The Kier molecular flexibility index (Phi) is 5.20. The minimum Gasteiger partial charge on any atom is -0.492 e. The van der Waals surface area contributed by atoms with Crippen LogP contribution in [0.1, 0.15) is 19.1 Å². The van der Waals surface area contributed by atoms with E-state index < -0.39 is 0 Å². The first-order valence-electron chi connectivity index (χ1n) is 6.88. The number of hydrogen-bond donors (Lipinski definition) is 2. The fourth-order valence-corrected chi connectivity index (χ4v) is 1.84. The standard InChI is InChI=1S/C15H19N3O3/c1-3-20-13-7-5-4-6-12(13)16-9-8-15(19)17-14-10-11(2)21-18-14/h4-7,10,16H,3,8-9H2,1-2H3,(H,17,18,19). The second-order valence-electron chi connectivity index (χ2n) is 4.48. The third-order valence-electron chi connectivity index (χ3n) is 2.75. The molecule has 0 radical (unpaired) electrons. The van der Waals surface area contributed by atoms with E-state index in [1.54, 1.807) is 13.0 Å². The number of para-hydroxylation sites is 2. The SMILES string of the molecule is CCOc1ccccc1NCCC(=O)Nc1cc(C)on1. The van der Waals surface area contributed by atoms with Crippen LogP contribution in [0.3, 0.4) is 0 Å². The molecule has 0 aliphatic rings. The number of rotatable bonds is 7. The van der Waals surface area contributed by atoms with Crippen LogP contribution >= 0.6 is 0 Å². The van der Waals surface area contributed by atoms with Crippen molar-refractivity contribution < 1.29 is 14.1 Å². The number of amides is 1. The largest absolute Gasteiger partial charge is 0.492 e. The molecule has 2 N–H and O–H groups in total. The molecule has 0 spiro atoms. The molecule has 0 aliphatic heterocycles. The lowest BCUT2D eigenvalue weighted by atomic mass is 10.3. The number of nitrogens with one attached hydrogen (secondary N) is 2. The molecule has 0 bridgehead atoms. The highest BCUT2D eigenvalue weighted by molar-refractivity contribution is 5.90. The fraction of sp³-hybridized carbons (Fsp3) is 0.333. The molecule has 1 amide bonds. The summed E-state index contributed by atoms with van der Waals surface area (Å²) >= 11 is 0. The van der Waals surface area contributed by atoms with Crippen molar-refractivity contribution >= 4 is 17.4 Å². The fourth-order valence-electron chi connectivity index (χ4n) is 1.84. The highest BCUT2D eigenvalue weighted by atomic mass is 16.5. The van der Waals surface area contributed by atoms with E-state index >= 15 is 0 Å². The number of hydrogen-bond acceptors (Lipinski definition) is 5. The Balaban J connectivity index is 1.80. The van der Waals surface area contributed by atoms with Crippen LogP contribution < -0.4 is 15.4 Å². The van der Waals surface area contributed by atoms with Crippen molar-refractivity contribution in [3.05, 3.63) is 36.1 Å². The lowest BCUT2D eigenvalue weighted by molar-refractivity contribution is -0.116. The van der Waals surface area contributed by atoms with Gasteiger partial charge in [0.15, 0.2) is 5.82 Å². The molecule has 0 saturated heterocycles. The third kappa shape index (κ3) is 4.52. The molecule has 2 rings (SSSR count). The van der Waals surface area contributed by atoms with E-state index in [4.69, 9.17) is 9.26 Å². The molecule has 0 saturated carbocycles. The highest BCUT2D eigenvalue weighted by Gasteiger charge is 2.07. The number of anilines is 2. The predicted molar refractivity (Wildman–Crippen MR) is 80.6 cm³/mol. The zero-order valence-corrected chi connectivity index (χ0v) is 12.2. The van der Waals surface area contributed by atoms with Gasteiger partial charge in [-0.1, -0.05) is 17.3 Å². The number of ether oxygens (including phenoxy) is 1. The quantitative estimate of drug-likeness (QED) is 0.819. The van der Waals surface area contributed by atoms with Gasteiger partial charge in [-0.15, -0.1) is 0 Å². The number of carbonyl (C=O) groups excluding carboxylic acids is 1. The van der Waals surface area contributed by atoms with Crippen LogP contribution in [0.2, 0.25) is 0 Å². The summed E-state index contributed by atoms with van der Waals surface area (Å²) in [7, 11) is 0. The van der Waals surface area contributed by atoms with Crippen molar-refractivity contribution in [1.29, 1.82) is 0 Å².